The van der Waals surface area contributed by atoms with Gasteiger partial charge in [-0.05, 0) is 110 Å². The van der Waals surface area contributed by atoms with Crippen LogP contribution in [0.3, 0.4) is 0 Å². The van der Waals surface area contributed by atoms with Crippen LogP contribution in [0.25, 0.3) is 11.1 Å². The van der Waals surface area contributed by atoms with Crippen molar-refractivity contribution in [1.29, 1.82) is 0 Å². The fourth-order valence-electron chi connectivity index (χ4n) is 8.90. The van der Waals surface area contributed by atoms with Gasteiger partial charge in [-0.25, -0.2) is 14.4 Å². The number of benzene rings is 8. The van der Waals surface area contributed by atoms with E-state index in [9.17, 15) is 19.2 Å². The summed E-state index contributed by atoms with van der Waals surface area (Å²) in [6.45, 7) is 3.20. The molecule has 0 radical (unpaired) electrons. The number of carbonyl (C=O) groups excluding carboxylic acids is 4. The highest BCUT2D eigenvalue weighted by molar-refractivity contribution is 7.96. The minimum absolute atomic E-state index is 0.00353. The Kier molecular flexibility index (Phi) is 22.8. The molecule has 0 spiro atoms. The molecule has 4 N–H and O–H groups in total. The van der Waals surface area contributed by atoms with Crippen molar-refractivity contribution < 1.29 is 47.6 Å². The fraction of sp³-hybridized carbons (Fsp3) is 0.246. The molecule has 0 saturated carbocycles. The molecule has 8 rings (SSSR count). The molecule has 13 nitrogen and oxygen atoms in total. The summed E-state index contributed by atoms with van der Waals surface area (Å²) in [5.41, 5.74) is 14.8. The lowest BCUT2D eigenvalue weighted by Gasteiger charge is -2.22. The topological polar surface area (TPSA) is 174 Å². The summed E-state index contributed by atoms with van der Waals surface area (Å²) >= 11 is 0. The van der Waals surface area contributed by atoms with Crippen LogP contribution in [-0.2, 0) is 91.8 Å². The predicted molar refractivity (Wildman–Crippen MR) is 326 cm³/mol. The highest BCUT2D eigenvalue weighted by Crippen LogP contribution is 2.33. The quantitative estimate of drug-likeness (QED) is 0.0231. The zero-order valence-corrected chi connectivity index (χ0v) is 48.0. The minimum Gasteiger partial charge on any atom is -0.489 e. The van der Waals surface area contributed by atoms with Crippen LogP contribution in [0.5, 0.6) is 17.2 Å². The third-order valence-electron chi connectivity index (χ3n) is 13.9. The van der Waals surface area contributed by atoms with E-state index in [0.717, 1.165) is 44.5 Å². The first-order chi connectivity index (χ1) is 40.4. The van der Waals surface area contributed by atoms with Crippen molar-refractivity contribution >= 4 is 34.8 Å². The van der Waals surface area contributed by atoms with Crippen LogP contribution in [0.4, 0.5) is 4.79 Å². The van der Waals surface area contributed by atoms with Crippen LogP contribution in [0.1, 0.15) is 57.9 Å². The second-order valence-electron chi connectivity index (χ2n) is 20.4. The smallest absolute Gasteiger partial charge is 0.408 e. The highest BCUT2D eigenvalue weighted by Gasteiger charge is 2.29. The number of esters is 2. The van der Waals surface area contributed by atoms with E-state index < -0.39 is 42.1 Å². The predicted octanol–water partition coefficient (Wildman–Crippen LogP) is 11.5. The van der Waals surface area contributed by atoms with Gasteiger partial charge < -0.3 is 44.8 Å². The molecule has 0 aliphatic rings. The molecule has 0 bridgehead atoms. The Labute approximate surface area is 489 Å². The van der Waals surface area contributed by atoms with Gasteiger partial charge in [0.15, 0.2) is 0 Å². The van der Waals surface area contributed by atoms with E-state index in [-0.39, 0.29) is 63.2 Å². The summed E-state index contributed by atoms with van der Waals surface area (Å²) in [6.07, 6.45) is 4.33. The van der Waals surface area contributed by atoms with E-state index in [1.54, 1.807) is 0 Å². The lowest BCUT2D eigenvalue weighted by molar-refractivity contribution is -0.149. The maximum atomic E-state index is 14.4. The summed E-state index contributed by atoms with van der Waals surface area (Å²) in [5.74, 6) is -0.133. The Morgan fingerprint density at radius 3 is 1.35 bits per heavy atom. The van der Waals surface area contributed by atoms with Crippen LogP contribution in [0, 0.1) is 0 Å². The Morgan fingerprint density at radius 1 is 0.446 bits per heavy atom. The van der Waals surface area contributed by atoms with E-state index in [1.165, 1.54) is 0 Å². The fourth-order valence-corrected chi connectivity index (χ4v) is 9.47. The van der Waals surface area contributed by atoms with Crippen LogP contribution in [-0.4, -0.2) is 66.4 Å². The summed E-state index contributed by atoms with van der Waals surface area (Å²) in [6, 6.07) is 63.3. The van der Waals surface area contributed by atoms with Gasteiger partial charge in [-0.3, -0.25) is 4.79 Å². The largest absolute Gasteiger partial charge is 0.489 e. The van der Waals surface area contributed by atoms with E-state index in [1.807, 2.05) is 212 Å². The minimum atomic E-state index is -1.15. The number of alkyl carbamates (subject to hydrolysis) is 1. The maximum absolute atomic E-state index is 14.4. The van der Waals surface area contributed by atoms with E-state index >= 15 is 0 Å². The first-order valence-corrected chi connectivity index (χ1v) is 29.8. The SMILES string of the molecule is C[C@@H](CCOC(=O)[C@H](Cc1cc(-c2ccc(OCc3ccccc3)c(CC(N)C(=O)N[C@@H](Cc3ccc(OCc4ccccc4)cc3)C(=O)OCc3ccccc3)c2)ccc1OCc1ccccc1)NC(=O)OCc1ccccc1)[S+](C)C. The van der Waals surface area contributed by atoms with Gasteiger partial charge >= 0.3 is 18.0 Å². The summed E-state index contributed by atoms with van der Waals surface area (Å²) in [7, 11) is 0.115. The van der Waals surface area contributed by atoms with Crippen molar-refractivity contribution in [3.63, 3.8) is 0 Å². The van der Waals surface area contributed by atoms with Gasteiger partial charge in [0.2, 0.25) is 5.91 Å². The molecule has 0 heterocycles. The Balaban J connectivity index is 1.06. The van der Waals surface area contributed by atoms with E-state index in [4.69, 9.17) is 34.2 Å². The molecular formula is C69H72N3O10S+. The normalized spacial score (nSPS) is 12.4. The van der Waals surface area contributed by atoms with E-state index in [0.29, 0.717) is 46.7 Å². The zero-order chi connectivity index (χ0) is 58.2. The first-order valence-electron chi connectivity index (χ1n) is 27.7. The number of hydrogen-bond acceptors (Lipinski definition) is 11. The van der Waals surface area contributed by atoms with Crippen LogP contribution >= 0.6 is 0 Å². The standard InChI is InChI=1S/C69H71N3O10S/c1-49(83(2)3)37-38-77-67(74)63(72-69(76)82-48-55-27-17-8-18-28-55)43-59-41-57(32-36-65(59)80-46-53-23-13-6-14-24-53)56-31-35-64(79-45-52-21-11-5-12-22-52)58(40-56)42-61(70)66(73)71-62(68(75)81-47-54-25-15-7-16-26-54)39-50-29-33-60(34-30-50)78-44-51-19-9-4-10-20-51/h4-36,40-41,49,61-63H,37-39,42-48,70H2,1-3H3,(H-,71,72,73,76)/p+1/t49-,61?,62-,63-/m0/s1. The summed E-state index contributed by atoms with van der Waals surface area (Å²) in [5, 5.41) is 6.05. The number of amides is 2. The number of ether oxygens (including phenoxy) is 6. The van der Waals surface area contributed by atoms with Crippen molar-refractivity contribution in [2.24, 2.45) is 5.73 Å². The molecule has 0 aromatic heterocycles. The van der Waals surface area contributed by atoms with Gasteiger partial charge in [-0.2, -0.15) is 0 Å². The molecular weight excluding hydrogens is 1060 g/mol. The molecule has 4 atom stereocenters. The Bertz CT molecular complexity index is 3300. The Hall–Kier alpha value is -8.85. The summed E-state index contributed by atoms with van der Waals surface area (Å²) in [4.78, 5) is 55.9. The molecule has 0 aliphatic carbocycles. The second kappa shape index (κ2) is 31.4. The van der Waals surface area contributed by atoms with Crippen LogP contribution < -0.4 is 30.6 Å². The molecule has 8 aromatic carbocycles. The van der Waals surface area contributed by atoms with Gasteiger partial charge in [-0.15, -0.1) is 0 Å². The molecule has 83 heavy (non-hydrogen) atoms. The average molecular weight is 1140 g/mol. The third kappa shape index (κ3) is 19.4. The number of carbonyl (C=O) groups is 4. The molecule has 1 unspecified atom stereocenters. The highest BCUT2D eigenvalue weighted by atomic mass is 32.2. The molecule has 0 aliphatic heterocycles. The molecule has 0 fully saturated rings. The maximum Gasteiger partial charge on any atom is 0.408 e. The van der Waals surface area contributed by atoms with Crippen molar-refractivity contribution in [2.45, 2.75) is 89.0 Å². The number of nitrogens with one attached hydrogen (secondary N) is 2. The van der Waals surface area contributed by atoms with Crippen molar-refractivity contribution in [1.82, 2.24) is 10.6 Å². The number of hydrogen-bond donors (Lipinski definition) is 3. The van der Waals surface area contributed by atoms with Crippen molar-refractivity contribution in [2.75, 3.05) is 19.1 Å². The molecule has 0 saturated heterocycles. The van der Waals surface area contributed by atoms with Gasteiger partial charge in [0.25, 0.3) is 0 Å². The molecule has 2 amide bonds. The second-order valence-corrected chi connectivity index (χ2v) is 23.0. The number of nitrogens with two attached hydrogens (primary N) is 1. The molecule has 8 aromatic rings. The van der Waals surface area contributed by atoms with E-state index in [2.05, 4.69) is 30.1 Å². The van der Waals surface area contributed by atoms with Crippen molar-refractivity contribution in [3.05, 3.63) is 257 Å². The number of rotatable bonds is 29. The molecule has 14 heteroatoms. The molecule has 428 valence electrons. The third-order valence-corrected chi connectivity index (χ3v) is 15.8. The van der Waals surface area contributed by atoms with Gasteiger partial charge in [0, 0.05) is 25.7 Å². The lowest BCUT2D eigenvalue weighted by atomic mass is 9.95. The van der Waals surface area contributed by atoms with Gasteiger partial charge in [0.1, 0.15) is 67.6 Å². The van der Waals surface area contributed by atoms with Crippen LogP contribution in [0.15, 0.2) is 212 Å². The zero-order valence-electron chi connectivity index (χ0n) is 47.2. The lowest BCUT2D eigenvalue weighted by Crippen LogP contribution is -2.50. The first kappa shape index (κ1) is 60.3. The summed E-state index contributed by atoms with van der Waals surface area (Å²) < 4.78 is 36.2. The van der Waals surface area contributed by atoms with Gasteiger partial charge in [-0.1, -0.05) is 176 Å². The monoisotopic (exact) mass is 1130 g/mol. The Morgan fingerprint density at radius 2 is 0.867 bits per heavy atom. The van der Waals surface area contributed by atoms with Crippen LogP contribution in [0.2, 0.25) is 0 Å². The average Bonchev–Trinajstić information content (AvgIpc) is 3.66. The van der Waals surface area contributed by atoms with Crippen molar-refractivity contribution in [3.8, 4) is 28.4 Å². The van der Waals surface area contributed by atoms with Gasteiger partial charge in [0.05, 0.1) is 25.2 Å².